The van der Waals surface area contributed by atoms with Crippen molar-refractivity contribution < 1.29 is 14.8 Å². The molecule has 33 heavy (non-hydrogen) atoms. The second-order valence-electron chi connectivity index (χ2n) is 8.38. The number of nitrogens with zero attached hydrogens (tertiary/aromatic N) is 1. The highest BCUT2D eigenvalue weighted by atomic mass is 16.6. The summed E-state index contributed by atoms with van der Waals surface area (Å²) in [6.07, 6.45) is 2.69. The topological polar surface area (TPSA) is 104 Å². The molecule has 0 aliphatic heterocycles. The lowest BCUT2D eigenvalue weighted by Crippen LogP contribution is -2.30. The molecule has 7 heteroatoms. The Labute approximate surface area is 192 Å². The Morgan fingerprint density at radius 2 is 1.61 bits per heavy atom. The van der Waals surface area contributed by atoms with E-state index in [-0.39, 0.29) is 29.3 Å². The second kappa shape index (κ2) is 10.3. The average Bonchev–Trinajstić information content (AvgIpc) is 2.85. The number of aliphatic hydroxyl groups is 1. The van der Waals surface area contributed by atoms with Gasteiger partial charge in [-0.1, -0.05) is 54.6 Å². The van der Waals surface area contributed by atoms with Gasteiger partial charge in [0.05, 0.1) is 16.6 Å². The number of anilines is 1. The smallest absolute Gasteiger partial charge is 0.270 e. The first kappa shape index (κ1) is 22.5. The first-order valence-electron chi connectivity index (χ1n) is 11.1. The maximum atomic E-state index is 13.0. The standard InChI is InChI=1S/C26H27N3O4/c30-23-13-10-21(11-14-23)28-25-15-12-22(29(32)33)16-24(25)26(31)27-17-18-6-8-20(9-7-18)19-4-2-1-3-5-19/h1-9,12,15-16,21,23,28,30H,10-11,13-14,17H2,(H,27,31)/t21-,23+. The Kier molecular flexibility index (Phi) is 7.00. The van der Waals surface area contributed by atoms with Crippen LogP contribution in [0.5, 0.6) is 0 Å². The van der Waals surface area contributed by atoms with Crippen LogP contribution in [-0.4, -0.2) is 28.1 Å². The molecule has 170 valence electrons. The minimum atomic E-state index is -0.500. The van der Waals surface area contributed by atoms with E-state index in [1.165, 1.54) is 12.1 Å². The van der Waals surface area contributed by atoms with E-state index in [2.05, 4.69) is 10.6 Å². The Morgan fingerprint density at radius 1 is 0.939 bits per heavy atom. The zero-order chi connectivity index (χ0) is 23.2. The van der Waals surface area contributed by atoms with Gasteiger partial charge in [0.2, 0.25) is 0 Å². The SMILES string of the molecule is O=C(NCc1ccc(-c2ccccc2)cc1)c1cc([N+](=O)[O-])ccc1N[C@H]1CC[C@@H](O)CC1. The quantitative estimate of drug-likeness (QED) is 0.354. The van der Waals surface area contributed by atoms with Gasteiger partial charge in [0.25, 0.3) is 11.6 Å². The lowest BCUT2D eigenvalue weighted by Gasteiger charge is -2.27. The van der Waals surface area contributed by atoms with Crippen LogP contribution in [0.1, 0.15) is 41.6 Å². The predicted molar refractivity (Wildman–Crippen MR) is 128 cm³/mol. The van der Waals surface area contributed by atoms with E-state index in [4.69, 9.17) is 0 Å². The van der Waals surface area contributed by atoms with Crippen molar-refractivity contribution in [2.45, 2.75) is 44.4 Å². The maximum absolute atomic E-state index is 13.0. The van der Waals surface area contributed by atoms with Crippen LogP contribution in [0, 0.1) is 10.1 Å². The summed E-state index contributed by atoms with van der Waals surface area (Å²) in [6, 6.07) is 22.4. The molecular formula is C26H27N3O4. The van der Waals surface area contributed by atoms with Crippen LogP contribution in [0.3, 0.4) is 0 Å². The second-order valence-corrected chi connectivity index (χ2v) is 8.38. The predicted octanol–water partition coefficient (Wildman–Crippen LogP) is 4.91. The molecule has 3 aromatic carbocycles. The van der Waals surface area contributed by atoms with Gasteiger partial charge in [0.1, 0.15) is 0 Å². The number of non-ortho nitro benzene ring substituents is 1. The third-order valence-electron chi connectivity index (χ3n) is 6.03. The van der Waals surface area contributed by atoms with Crippen molar-refractivity contribution >= 4 is 17.3 Å². The van der Waals surface area contributed by atoms with E-state index < -0.39 is 4.92 Å². The van der Waals surface area contributed by atoms with Gasteiger partial charge >= 0.3 is 0 Å². The fraction of sp³-hybridized carbons (Fsp3) is 0.269. The Morgan fingerprint density at radius 3 is 2.27 bits per heavy atom. The van der Waals surface area contributed by atoms with Gasteiger partial charge in [-0.15, -0.1) is 0 Å². The molecule has 0 unspecified atom stereocenters. The van der Waals surface area contributed by atoms with Gasteiger partial charge in [-0.2, -0.15) is 0 Å². The highest BCUT2D eigenvalue weighted by molar-refractivity contribution is 6.00. The minimum Gasteiger partial charge on any atom is -0.393 e. The average molecular weight is 446 g/mol. The van der Waals surface area contributed by atoms with Crippen LogP contribution < -0.4 is 10.6 Å². The molecular weight excluding hydrogens is 418 g/mol. The molecule has 1 saturated carbocycles. The Balaban J connectivity index is 1.46. The summed E-state index contributed by atoms with van der Waals surface area (Å²) in [6.45, 7) is 0.311. The summed E-state index contributed by atoms with van der Waals surface area (Å²) >= 11 is 0. The molecule has 4 rings (SSSR count). The van der Waals surface area contributed by atoms with E-state index in [0.29, 0.717) is 25.1 Å². The number of benzene rings is 3. The summed E-state index contributed by atoms with van der Waals surface area (Å²) in [5.41, 5.74) is 3.83. The molecule has 7 nitrogen and oxygen atoms in total. The molecule has 0 saturated heterocycles. The van der Waals surface area contributed by atoms with Crippen LogP contribution in [0.4, 0.5) is 11.4 Å². The van der Waals surface area contributed by atoms with Crippen LogP contribution in [-0.2, 0) is 6.54 Å². The molecule has 0 radical (unpaired) electrons. The first-order valence-corrected chi connectivity index (χ1v) is 11.1. The molecule has 0 spiro atoms. The number of rotatable bonds is 7. The maximum Gasteiger partial charge on any atom is 0.270 e. The number of nitro benzene ring substituents is 1. The highest BCUT2D eigenvalue weighted by Crippen LogP contribution is 2.27. The van der Waals surface area contributed by atoms with Gasteiger partial charge in [-0.3, -0.25) is 14.9 Å². The fourth-order valence-electron chi connectivity index (χ4n) is 4.12. The number of carbonyl (C=O) groups is 1. The molecule has 1 aliphatic rings. The third-order valence-corrected chi connectivity index (χ3v) is 6.03. The zero-order valence-corrected chi connectivity index (χ0v) is 18.2. The number of hydrogen-bond donors (Lipinski definition) is 3. The van der Waals surface area contributed by atoms with Gasteiger partial charge in [0.15, 0.2) is 0 Å². The van der Waals surface area contributed by atoms with Crippen molar-refractivity contribution in [3.8, 4) is 11.1 Å². The van der Waals surface area contributed by atoms with Gasteiger partial charge in [-0.25, -0.2) is 0 Å². The zero-order valence-electron chi connectivity index (χ0n) is 18.2. The first-order chi connectivity index (χ1) is 16.0. The minimum absolute atomic E-state index is 0.118. The highest BCUT2D eigenvalue weighted by Gasteiger charge is 2.22. The Hall–Kier alpha value is -3.71. The molecule has 3 N–H and O–H groups in total. The summed E-state index contributed by atoms with van der Waals surface area (Å²) in [4.78, 5) is 23.7. The van der Waals surface area contributed by atoms with Crippen LogP contribution >= 0.6 is 0 Å². The van der Waals surface area contributed by atoms with E-state index in [0.717, 1.165) is 29.5 Å². The van der Waals surface area contributed by atoms with Gasteiger partial charge in [0, 0.05) is 30.4 Å². The molecule has 0 aromatic heterocycles. The Bertz CT molecular complexity index is 1110. The van der Waals surface area contributed by atoms with Crippen molar-refractivity contribution in [3.05, 3.63) is 94.0 Å². The van der Waals surface area contributed by atoms with Gasteiger partial charge < -0.3 is 15.7 Å². The fourth-order valence-corrected chi connectivity index (χ4v) is 4.12. The summed E-state index contributed by atoms with van der Waals surface area (Å²) < 4.78 is 0. The number of nitro groups is 1. The lowest BCUT2D eigenvalue weighted by molar-refractivity contribution is -0.384. The van der Waals surface area contributed by atoms with E-state index in [1.54, 1.807) is 6.07 Å². The number of aliphatic hydroxyl groups excluding tert-OH is 1. The van der Waals surface area contributed by atoms with Crippen LogP contribution in [0.2, 0.25) is 0 Å². The molecule has 0 bridgehead atoms. The van der Waals surface area contributed by atoms with Crippen molar-refractivity contribution in [1.82, 2.24) is 5.32 Å². The number of amides is 1. The molecule has 1 fully saturated rings. The van der Waals surface area contributed by atoms with Crippen LogP contribution in [0.15, 0.2) is 72.8 Å². The molecule has 3 aromatic rings. The van der Waals surface area contributed by atoms with Crippen LogP contribution in [0.25, 0.3) is 11.1 Å². The summed E-state index contributed by atoms with van der Waals surface area (Å²) in [7, 11) is 0. The number of nitrogens with one attached hydrogen (secondary N) is 2. The van der Waals surface area contributed by atoms with Crippen molar-refractivity contribution in [2.75, 3.05) is 5.32 Å². The molecule has 1 aliphatic carbocycles. The summed E-state index contributed by atoms with van der Waals surface area (Å²) in [5.74, 6) is -0.371. The number of hydrogen-bond acceptors (Lipinski definition) is 5. The number of carbonyl (C=O) groups excluding carboxylic acids is 1. The molecule has 0 heterocycles. The van der Waals surface area contributed by atoms with Gasteiger partial charge in [-0.05, 0) is 48.4 Å². The lowest BCUT2D eigenvalue weighted by atomic mass is 9.92. The van der Waals surface area contributed by atoms with Crippen molar-refractivity contribution in [2.24, 2.45) is 0 Å². The molecule has 0 atom stereocenters. The summed E-state index contributed by atoms with van der Waals surface area (Å²) in [5, 5.41) is 27.2. The monoisotopic (exact) mass is 445 g/mol. The molecule has 1 amide bonds. The largest absolute Gasteiger partial charge is 0.393 e. The van der Waals surface area contributed by atoms with E-state index in [9.17, 15) is 20.0 Å². The van der Waals surface area contributed by atoms with Crippen molar-refractivity contribution in [1.29, 1.82) is 0 Å². The van der Waals surface area contributed by atoms with E-state index >= 15 is 0 Å². The van der Waals surface area contributed by atoms with Crippen molar-refractivity contribution in [3.63, 3.8) is 0 Å². The normalized spacial score (nSPS) is 17.8. The van der Waals surface area contributed by atoms with E-state index in [1.807, 2.05) is 54.6 Å². The third kappa shape index (κ3) is 5.75.